The molecule has 23 heavy (non-hydrogen) atoms. The number of carbonyl (C=O) groups excluding carboxylic acids is 2. The lowest BCUT2D eigenvalue weighted by Crippen LogP contribution is -2.36. The van der Waals surface area contributed by atoms with Crippen LogP contribution in [0.4, 0.5) is 10.5 Å². The number of para-hydroxylation sites is 1. The second-order valence-corrected chi connectivity index (χ2v) is 7.01. The van der Waals surface area contributed by atoms with E-state index in [1.54, 1.807) is 12.0 Å². The highest BCUT2D eigenvalue weighted by Gasteiger charge is 2.45. The Hall–Kier alpha value is -2.24. The van der Waals surface area contributed by atoms with Crippen molar-refractivity contribution in [2.75, 3.05) is 25.5 Å². The number of nitrogens with one attached hydrogen (secondary N) is 1. The molecule has 1 saturated heterocycles. The van der Waals surface area contributed by atoms with Crippen molar-refractivity contribution in [3.8, 4) is 5.75 Å². The van der Waals surface area contributed by atoms with Crippen molar-refractivity contribution in [3.05, 3.63) is 23.8 Å². The van der Waals surface area contributed by atoms with Crippen LogP contribution in [0.15, 0.2) is 18.2 Å². The number of nitrogens with zero attached hydrogens (tertiary/aromatic N) is 1. The molecule has 0 aliphatic carbocycles. The Bertz CT molecular complexity index is 650. The van der Waals surface area contributed by atoms with E-state index >= 15 is 0 Å². The summed E-state index contributed by atoms with van der Waals surface area (Å²) in [4.78, 5) is 26.3. The van der Waals surface area contributed by atoms with Gasteiger partial charge in [-0.05, 0) is 32.4 Å². The van der Waals surface area contributed by atoms with Gasteiger partial charge in [-0.2, -0.15) is 0 Å². The molecule has 1 fully saturated rings. The number of rotatable bonds is 1. The molecule has 0 spiro atoms. The average Bonchev–Trinajstić information content (AvgIpc) is 2.91. The summed E-state index contributed by atoms with van der Waals surface area (Å²) < 4.78 is 10.8. The van der Waals surface area contributed by atoms with E-state index in [1.807, 2.05) is 39.0 Å². The van der Waals surface area contributed by atoms with Crippen LogP contribution in [0.25, 0.3) is 0 Å². The van der Waals surface area contributed by atoms with Crippen LogP contribution >= 0.6 is 0 Å². The fourth-order valence-electron chi connectivity index (χ4n) is 3.24. The van der Waals surface area contributed by atoms with E-state index < -0.39 is 5.60 Å². The van der Waals surface area contributed by atoms with Gasteiger partial charge in [-0.15, -0.1) is 0 Å². The lowest BCUT2D eigenvalue weighted by molar-refractivity contribution is -0.120. The van der Waals surface area contributed by atoms with Gasteiger partial charge < -0.3 is 19.7 Å². The Balaban J connectivity index is 1.87. The second kappa shape index (κ2) is 5.44. The first-order valence-corrected chi connectivity index (χ1v) is 7.76. The Morgan fingerprint density at radius 2 is 1.96 bits per heavy atom. The van der Waals surface area contributed by atoms with Gasteiger partial charge >= 0.3 is 6.09 Å². The molecule has 0 saturated carbocycles. The monoisotopic (exact) mass is 318 g/mol. The summed E-state index contributed by atoms with van der Waals surface area (Å²) >= 11 is 0. The van der Waals surface area contributed by atoms with Gasteiger partial charge in [0.05, 0.1) is 18.7 Å². The number of likely N-dealkylation sites (tertiary alicyclic amines) is 1. The van der Waals surface area contributed by atoms with Crippen LogP contribution in [0.2, 0.25) is 0 Å². The summed E-state index contributed by atoms with van der Waals surface area (Å²) in [6.45, 7) is 6.36. The van der Waals surface area contributed by atoms with E-state index in [-0.39, 0.29) is 23.8 Å². The van der Waals surface area contributed by atoms with Gasteiger partial charge in [0.1, 0.15) is 11.4 Å². The zero-order valence-electron chi connectivity index (χ0n) is 13.9. The van der Waals surface area contributed by atoms with Crippen LogP contribution in [-0.2, 0) is 9.53 Å². The first-order valence-electron chi connectivity index (χ1n) is 7.76. The number of fused-ring (bicyclic) bond motifs is 3. The Morgan fingerprint density at radius 1 is 1.26 bits per heavy atom. The minimum atomic E-state index is -0.547. The van der Waals surface area contributed by atoms with Crippen LogP contribution < -0.4 is 10.1 Å². The minimum absolute atomic E-state index is 0.0265. The number of ether oxygens (including phenoxy) is 2. The molecule has 1 aromatic carbocycles. The fourth-order valence-corrected chi connectivity index (χ4v) is 3.24. The highest BCUT2D eigenvalue weighted by molar-refractivity contribution is 5.99. The van der Waals surface area contributed by atoms with Gasteiger partial charge in [0, 0.05) is 19.0 Å². The lowest BCUT2D eigenvalue weighted by Gasteiger charge is -2.28. The fraction of sp³-hybridized carbons (Fsp3) is 0.529. The van der Waals surface area contributed by atoms with Crippen LogP contribution in [0, 0.1) is 5.92 Å². The molecule has 2 heterocycles. The number of hydrogen-bond acceptors (Lipinski definition) is 4. The van der Waals surface area contributed by atoms with Crippen molar-refractivity contribution in [2.45, 2.75) is 32.3 Å². The van der Waals surface area contributed by atoms with Crippen LogP contribution in [0.3, 0.4) is 0 Å². The summed E-state index contributed by atoms with van der Waals surface area (Å²) in [5.74, 6) is 0.298. The summed E-state index contributed by atoms with van der Waals surface area (Å²) in [5, 5.41) is 2.92. The van der Waals surface area contributed by atoms with E-state index in [0.29, 0.717) is 24.5 Å². The third kappa shape index (κ3) is 2.85. The predicted octanol–water partition coefficient (Wildman–Crippen LogP) is 2.60. The van der Waals surface area contributed by atoms with Gasteiger partial charge in [0.15, 0.2) is 0 Å². The Morgan fingerprint density at radius 3 is 2.61 bits per heavy atom. The molecule has 1 aromatic rings. The number of methoxy groups -OCH3 is 1. The Labute approximate surface area is 135 Å². The summed E-state index contributed by atoms with van der Waals surface area (Å²) in [6.07, 6.45) is -0.371. The van der Waals surface area contributed by atoms with E-state index in [9.17, 15) is 9.59 Å². The van der Waals surface area contributed by atoms with Crippen molar-refractivity contribution in [1.82, 2.24) is 4.90 Å². The van der Waals surface area contributed by atoms with Gasteiger partial charge in [-0.1, -0.05) is 12.1 Å². The van der Waals surface area contributed by atoms with Gasteiger partial charge in [-0.3, -0.25) is 4.79 Å². The molecule has 1 N–H and O–H groups in total. The van der Waals surface area contributed by atoms with Crippen molar-refractivity contribution in [3.63, 3.8) is 0 Å². The average molecular weight is 318 g/mol. The second-order valence-electron chi connectivity index (χ2n) is 7.01. The summed E-state index contributed by atoms with van der Waals surface area (Å²) in [6, 6.07) is 5.70. The number of amides is 2. The lowest BCUT2D eigenvalue weighted by atomic mass is 9.84. The summed E-state index contributed by atoms with van der Waals surface area (Å²) in [7, 11) is 1.58. The molecule has 0 radical (unpaired) electrons. The van der Waals surface area contributed by atoms with Gasteiger partial charge in [0.25, 0.3) is 0 Å². The number of hydrogen-bond donors (Lipinski definition) is 1. The first kappa shape index (κ1) is 15.6. The first-order chi connectivity index (χ1) is 10.8. The molecule has 6 heteroatoms. The van der Waals surface area contributed by atoms with E-state index in [0.717, 1.165) is 5.56 Å². The third-order valence-corrected chi connectivity index (χ3v) is 4.23. The van der Waals surface area contributed by atoms with Crippen molar-refractivity contribution < 1.29 is 19.1 Å². The maximum Gasteiger partial charge on any atom is 0.410 e. The maximum atomic E-state index is 12.4. The quantitative estimate of drug-likeness (QED) is 0.864. The smallest absolute Gasteiger partial charge is 0.410 e. The molecule has 2 aliphatic heterocycles. The van der Waals surface area contributed by atoms with Crippen LogP contribution in [0.5, 0.6) is 5.75 Å². The largest absolute Gasteiger partial charge is 0.495 e. The molecule has 124 valence electrons. The molecule has 2 amide bonds. The molecule has 0 bridgehead atoms. The molecular formula is C17H22N2O4. The molecule has 0 aromatic heterocycles. The van der Waals surface area contributed by atoms with E-state index in [1.165, 1.54) is 0 Å². The molecule has 2 atom stereocenters. The highest BCUT2D eigenvalue weighted by atomic mass is 16.6. The number of anilines is 1. The Kier molecular flexibility index (Phi) is 3.70. The normalized spacial score (nSPS) is 23.0. The van der Waals surface area contributed by atoms with Gasteiger partial charge in [0.2, 0.25) is 5.91 Å². The SMILES string of the molecule is COc1cccc2c1NC(=O)C1CN(C(=O)OC(C)(C)C)CC21. The number of benzene rings is 1. The molecule has 3 rings (SSSR count). The number of carbonyl (C=O) groups is 2. The van der Waals surface area contributed by atoms with Crippen molar-refractivity contribution in [1.29, 1.82) is 0 Å². The zero-order valence-corrected chi connectivity index (χ0v) is 13.9. The van der Waals surface area contributed by atoms with Crippen LogP contribution in [-0.4, -0.2) is 42.7 Å². The standard InChI is InChI=1S/C17H22N2O4/c1-17(2,3)23-16(21)19-8-11-10-6-5-7-13(22-4)14(10)18-15(20)12(11)9-19/h5-7,11-12H,8-9H2,1-4H3,(H,18,20). The third-order valence-electron chi connectivity index (χ3n) is 4.23. The molecule has 6 nitrogen and oxygen atoms in total. The van der Waals surface area contributed by atoms with E-state index in [4.69, 9.17) is 9.47 Å². The minimum Gasteiger partial charge on any atom is -0.495 e. The highest BCUT2D eigenvalue weighted by Crippen LogP contribution is 2.44. The van der Waals surface area contributed by atoms with Crippen LogP contribution in [0.1, 0.15) is 32.3 Å². The zero-order chi connectivity index (χ0) is 16.8. The summed E-state index contributed by atoms with van der Waals surface area (Å²) in [5.41, 5.74) is 1.18. The van der Waals surface area contributed by atoms with Crippen molar-refractivity contribution >= 4 is 17.7 Å². The predicted molar refractivity (Wildman–Crippen MR) is 85.7 cm³/mol. The van der Waals surface area contributed by atoms with Crippen molar-refractivity contribution in [2.24, 2.45) is 5.92 Å². The molecular weight excluding hydrogens is 296 g/mol. The molecule has 2 unspecified atom stereocenters. The molecule has 2 aliphatic rings. The maximum absolute atomic E-state index is 12.4. The van der Waals surface area contributed by atoms with Gasteiger partial charge in [-0.25, -0.2) is 4.79 Å². The van der Waals surface area contributed by atoms with E-state index in [2.05, 4.69) is 5.32 Å². The topological polar surface area (TPSA) is 67.9 Å².